The highest BCUT2D eigenvalue weighted by atomic mass is 79.9. The van der Waals surface area contributed by atoms with Crippen LogP contribution in [0, 0.1) is 0 Å². The van der Waals surface area contributed by atoms with Gasteiger partial charge in [-0.25, -0.2) is 0 Å². The van der Waals surface area contributed by atoms with Crippen molar-refractivity contribution >= 4 is 38.3 Å². The molecule has 0 fully saturated rings. The molecule has 112 valence electrons. The molecule has 0 unspecified atom stereocenters. The van der Waals surface area contributed by atoms with E-state index < -0.39 is 0 Å². The van der Waals surface area contributed by atoms with Gasteiger partial charge in [0.15, 0.2) is 5.82 Å². The summed E-state index contributed by atoms with van der Waals surface area (Å²) in [5.74, 6) is 0.552. The van der Waals surface area contributed by atoms with Crippen LogP contribution >= 0.6 is 27.3 Å². The third-order valence-electron chi connectivity index (χ3n) is 3.29. The van der Waals surface area contributed by atoms with Crippen molar-refractivity contribution in [2.24, 2.45) is 0 Å². The fraction of sp³-hybridized carbons (Fsp3) is 0. The second-order valence-corrected chi connectivity index (χ2v) is 6.76. The van der Waals surface area contributed by atoms with Crippen LogP contribution in [0.5, 0.6) is 0 Å². The molecule has 0 amide bonds. The lowest BCUT2D eigenvalue weighted by molar-refractivity contribution is 0.937. The number of halogens is 1. The summed E-state index contributed by atoms with van der Waals surface area (Å²) in [4.78, 5) is 21.5. The Balaban J connectivity index is 1.82. The number of hydrogen-bond donors (Lipinski definition) is 0. The lowest BCUT2D eigenvalue weighted by Gasteiger charge is -1.94. The fourth-order valence-corrected chi connectivity index (χ4v) is 3.34. The molecule has 0 saturated carbocycles. The topological polar surface area (TPSA) is 60.2 Å². The summed E-state index contributed by atoms with van der Waals surface area (Å²) in [6.07, 6.45) is 5.21. The number of fused-ring (bicyclic) bond motifs is 1. The first kappa shape index (κ1) is 14.2. The number of hydrogen-bond acceptors (Lipinski definition) is 5. The minimum absolute atomic E-state index is 0.155. The summed E-state index contributed by atoms with van der Waals surface area (Å²) >= 11 is 4.72. The smallest absolute Gasteiger partial charge is 0.266 e. The summed E-state index contributed by atoms with van der Waals surface area (Å²) in [7, 11) is 0. The van der Waals surface area contributed by atoms with E-state index in [1.54, 1.807) is 12.4 Å². The molecule has 7 heteroatoms. The average Bonchev–Trinajstić information content (AvgIpc) is 3.10. The molecule has 0 aliphatic carbocycles. The average molecular weight is 385 g/mol. The van der Waals surface area contributed by atoms with E-state index in [9.17, 15) is 4.79 Å². The summed E-state index contributed by atoms with van der Waals surface area (Å²) in [6.45, 7) is 0. The highest BCUT2D eigenvalue weighted by Crippen LogP contribution is 2.19. The number of nitrogens with zero attached hydrogens (tertiary/aromatic N) is 4. The van der Waals surface area contributed by atoms with Crippen molar-refractivity contribution in [1.82, 2.24) is 19.6 Å². The van der Waals surface area contributed by atoms with Gasteiger partial charge in [0, 0.05) is 22.4 Å². The standard InChI is InChI=1S/C16H9BrN4OS/c17-12-3-1-11(2-4-12)14-19-16-21(20-14)15(22)13(23-16)9-10-5-7-18-8-6-10/h1-9H/b13-9-. The highest BCUT2D eigenvalue weighted by Gasteiger charge is 2.11. The van der Waals surface area contributed by atoms with Crippen molar-refractivity contribution in [2.45, 2.75) is 0 Å². The lowest BCUT2D eigenvalue weighted by Crippen LogP contribution is -2.23. The molecule has 0 aliphatic rings. The molecule has 0 aliphatic heterocycles. The largest absolute Gasteiger partial charge is 0.291 e. The van der Waals surface area contributed by atoms with Crippen LogP contribution < -0.4 is 10.1 Å². The third kappa shape index (κ3) is 2.69. The van der Waals surface area contributed by atoms with Gasteiger partial charge in [-0.1, -0.05) is 39.4 Å². The van der Waals surface area contributed by atoms with Crippen LogP contribution in [0.2, 0.25) is 0 Å². The van der Waals surface area contributed by atoms with Gasteiger partial charge < -0.3 is 0 Å². The Morgan fingerprint density at radius 1 is 1.09 bits per heavy atom. The minimum Gasteiger partial charge on any atom is -0.266 e. The Hall–Kier alpha value is -2.38. The summed E-state index contributed by atoms with van der Waals surface area (Å²) in [5.41, 5.74) is 1.65. The maximum Gasteiger partial charge on any atom is 0.291 e. The highest BCUT2D eigenvalue weighted by molar-refractivity contribution is 9.10. The molecule has 4 rings (SSSR count). The van der Waals surface area contributed by atoms with Crippen LogP contribution in [0.15, 0.2) is 58.1 Å². The molecule has 0 bridgehead atoms. The summed E-state index contributed by atoms with van der Waals surface area (Å²) in [5, 5.41) is 4.33. The number of benzene rings is 1. The van der Waals surface area contributed by atoms with Crippen molar-refractivity contribution in [3.8, 4) is 11.4 Å². The normalized spacial score (nSPS) is 12.1. The van der Waals surface area contributed by atoms with Crippen molar-refractivity contribution in [2.75, 3.05) is 0 Å². The van der Waals surface area contributed by atoms with Gasteiger partial charge in [0.25, 0.3) is 5.56 Å². The van der Waals surface area contributed by atoms with Gasteiger partial charge in [-0.05, 0) is 35.9 Å². The quantitative estimate of drug-likeness (QED) is 0.532. The Labute approximate surface area is 143 Å². The van der Waals surface area contributed by atoms with Crippen molar-refractivity contribution < 1.29 is 0 Å². The minimum atomic E-state index is -0.155. The van der Waals surface area contributed by atoms with Gasteiger partial charge in [0.2, 0.25) is 4.96 Å². The zero-order chi connectivity index (χ0) is 15.8. The van der Waals surface area contributed by atoms with E-state index in [0.717, 1.165) is 15.6 Å². The summed E-state index contributed by atoms with van der Waals surface area (Å²) in [6, 6.07) is 11.4. The van der Waals surface area contributed by atoms with E-state index in [-0.39, 0.29) is 5.56 Å². The van der Waals surface area contributed by atoms with Crippen LogP contribution in [0.25, 0.3) is 22.4 Å². The first-order valence-corrected chi connectivity index (χ1v) is 8.39. The Morgan fingerprint density at radius 2 is 1.83 bits per heavy atom. The first-order chi connectivity index (χ1) is 11.2. The van der Waals surface area contributed by atoms with Crippen molar-refractivity contribution in [1.29, 1.82) is 0 Å². The van der Waals surface area contributed by atoms with Gasteiger partial charge >= 0.3 is 0 Å². The van der Waals surface area contributed by atoms with Crippen molar-refractivity contribution in [3.05, 3.63) is 73.7 Å². The van der Waals surface area contributed by atoms with Gasteiger partial charge in [-0.15, -0.1) is 5.10 Å². The van der Waals surface area contributed by atoms with Gasteiger partial charge in [0.1, 0.15) is 0 Å². The van der Waals surface area contributed by atoms with E-state index in [2.05, 4.69) is 31.0 Å². The molecule has 0 saturated heterocycles. The zero-order valence-electron chi connectivity index (χ0n) is 11.7. The monoisotopic (exact) mass is 384 g/mol. The van der Waals surface area contributed by atoms with Crippen LogP contribution in [0.1, 0.15) is 5.56 Å². The molecular weight excluding hydrogens is 376 g/mol. The molecule has 5 nitrogen and oxygen atoms in total. The first-order valence-electron chi connectivity index (χ1n) is 6.78. The maximum absolute atomic E-state index is 12.4. The fourth-order valence-electron chi connectivity index (χ4n) is 2.17. The molecule has 23 heavy (non-hydrogen) atoms. The molecule has 1 aromatic carbocycles. The Morgan fingerprint density at radius 3 is 2.52 bits per heavy atom. The van der Waals surface area contributed by atoms with Crippen LogP contribution in [-0.4, -0.2) is 19.6 Å². The second-order valence-electron chi connectivity index (χ2n) is 4.83. The van der Waals surface area contributed by atoms with Gasteiger partial charge in [-0.3, -0.25) is 9.78 Å². The molecule has 0 radical (unpaired) electrons. The molecule has 3 aromatic heterocycles. The van der Waals surface area contributed by atoms with E-state index in [4.69, 9.17) is 0 Å². The Kier molecular flexibility index (Phi) is 3.51. The van der Waals surface area contributed by atoms with E-state index >= 15 is 0 Å². The molecule has 0 N–H and O–H groups in total. The zero-order valence-corrected chi connectivity index (χ0v) is 14.1. The number of rotatable bonds is 2. The van der Waals surface area contributed by atoms with E-state index in [0.29, 0.717) is 15.3 Å². The predicted octanol–water partition coefficient (Wildman–Crippen LogP) is 2.52. The van der Waals surface area contributed by atoms with Gasteiger partial charge in [-0.2, -0.15) is 9.50 Å². The maximum atomic E-state index is 12.4. The second kappa shape index (κ2) is 5.68. The number of aromatic nitrogens is 4. The third-order valence-corrected chi connectivity index (χ3v) is 4.78. The molecule has 0 spiro atoms. The molecular formula is C16H9BrN4OS. The lowest BCUT2D eigenvalue weighted by atomic mass is 10.2. The Bertz CT molecular complexity index is 1090. The molecule has 4 aromatic rings. The van der Waals surface area contributed by atoms with Crippen LogP contribution in [0.4, 0.5) is 0 Å². The van der Waals surface area contributed by atoms with E-state index in [1.807, 2.05) is 42.5 Å². The van der Waals surface area contributed by atoms with Crippen molar-refractivity contribution in [3.63, 3.8) is 0 Å². The number of thiazole rings is 1. The van der Waals surface area contributed by atoms with E-state index in [1.165, 1.54) is 15.9 Å². The number of pyridine rings is 1. The predicted molar refractivity (Wildman–Crippen MR) is 93.3 cm³/mol. The molecule has 3 heterocycles. The summed E-state index contributed by atoms with van der Waals surface area (Å²) < 4.78 is 2.95. The van der Waals surface area contributed by atoms with Gasteiger partial charge in [0.05, 0.1) is 4.53 Å². The molecule has 0 atom stereocenters. The van der Waals surface area contributed by atoms with Crippen LogP contribution in [0.3, 0.4) is 0 Å². The SMILES string of the molecule is O=c1/c(=C/c2ccncc2)sc2nc(-c3ccc(Br)cc3)nn12. The van der Waals surface area contributed by atoms with Crippen LogP contribution in [-0.2, 0) is 0 Å².